The summed E-state index contributed by atoms with van der Waals surface area (Å²) < 4.78 is 19.6. The average molecular weight is 284 g/mol. The largest absolute Gasteiger partial charge is 0.364 e. The lowest BCUT2D eigenvalue weighted by molar-refractivity contribution is -0.135. The van der Waals surface area contributed by atoms with Gasteiger partial charge in [-0.25, -0.2) is 4.39 Å². The lowest BCUT2D eigenvalue weighted by atomic mass is 9.83. The van der Waals surface area contributed by atoms with Gasteiger partial charge in [0.1, 0.15) is 5.82 Å². The third kappa shape index (κ3) is 2.78. The second-order valence-electron chi connectivity index (χ2n) is 5.65. The van der Waals surface area contributed by atoms with Crippen molar-refractivity contribution < 1.29 is 9.13 Å². The van der Waals surface area contributed by atoms with E-state index in [2.05, 4.69) is 5.32 Å². The molecule has 0 amide bonds. The fourth-order valence-corrected chi connectivity index (χ4v) is 3.39. The molecule has 1 saturated heterocycles. The molecule has 1 saturated carbocycles. The highest BCUT2D eigenvalue weighted by Gasteiger charge is 2.38. The second kappa shape index (κ2) is 5.39. The predicted molar refractivity (Wildman–Crippen MR) is 73.9 cm³/mol. The van der Waals surface area contributed by atoms with Crippen molar-refractivity contribution in [2.75, 3.05) is 13.1 Å². The number of morpholine rings is 1. The van der Waals surface area contributed by atoms with E-state index in [-0.39, 0.29) is 22.5 Å². The van der Waals surface area contributed by atoms with Crippen molar-refractivity contribution in [3.63, 3.8) is 0 Å². The first-order chi connectivity index (χ1) is 9.19. The molecule has 1 aliphatic heterocycles. The smallest absolute Gasteiger partial charge is 0.141 e. The highest BCUT2D eigenvalue weighted by Crippen LogP contribution is 2.38. The van der Waals surface area contributed by atoms with Gasteiger partial charge in [-0.2, -0.15) is 0 Å². The first kappa shape index (κ1) is 13.3. The molecule has 0 radical (unpaired) electrons. The molecule has 1 N–H and O–H groups in total. The van der Waals surface area contributed by atoms with E-state index >= 15 is 0 Å². The number of hydrogen-bond acceptors (Lipinski definition) is 2. The molecule has 1 aromatic rings. The Bertz CT molecular complexity index is 454. The van der Waals surface area contributed by atoms with Crippen LogP contribution in [0.4, 0.5) is 4.39 Å². The molecule has 1 aliphatic carbocycles. The number of nitrogens with one attached hydrogen (secondary N) is 1. The molecule has 2 aliphatic rings. The van der Waals surface area contributed by atoms with Gasteiger partial charge >= 0.3 is 0 Å². The monoisotopic (exact) mass is 283 g/mol. The Hall–Kier alpha value is -0.640. The van der Waals surface area contributed by atoms with Crippen LogP contribution < -0.4 is 5.32 Å². The highest BCUT2D eigenvalue weighted by atomic mass is 35.5. The number of rotatable bonds is 1. The minimum Gasteiger partial charge on any atom is -0.364 e. The maximum Gasteiger partial charge on any atom is 0.141 e. The summed E-state index contributed by atoms with van der Waals surface area (Å²) in [7, 11) is 0. The maximum absolute atomic E-state index is 13.2. The van der Waals surface area contributed by atoms with Crippen molar-refractivity contribution in [3.05, 3.63) is 34.6 Å². The van der Waals surface area contributed by atoms with E-state index in [1.54, 1.807) is 12.1 Å². The molecule has 2 nitrogen and oxygen atoms in total. The fourth-order valence-electron chi connectivity index (χ4n) is 3.21. The summed E-state index contributed by atoms with van der Waals surface area (Å²) in [5, 5.41) is 3.64. The Balaban J connectivity index is 1.78. The normalized spacial score (nSPS) is 26.5. The van der Waals surface area contributed by atoms with Gasteiger partial charge in [-0.3, -0.25) is 0 Å². The van der Waals surface area contributed by atoms with Crippen LogP contribution in [0.1, 0.15) is 43.8 Å². The highest BCUT2D eigenvalue weighted by molar-refractivity contribution is 6.30. The van der Waals surface area contributed by atoms with Crippen LogP contribution in [0.15, 0.2) is 18.2 Å². The lowest BCUT2D eigenvalue weighted by Crippen LogP contribution is -2.51. The van der Waals surface area contributed by atoms with Gasteiger partial charge in [0, 0.05) is 13.1 Å². The molecule has 104 valence electrons. The Morgan fingerprint density at radius 1 is 1.26 bits per heavy atom. The average Bonchev–Trinajstić information content (AvgIpc) is 2.43. The van der Waals surface area contributed by atoms with E-state index in [1.165, 1.54) is 25.3 Å². The van der Waals surface area contributed by atoms with E-state index in [0.29, 0.717) is 0 Å². The van der Waals surface area contributed by atoms with Crippen LogP contribution in [0.3, 0.4) is 0 Å². The third-order valence-corrected chi connectivity index (χ3v) is 4.54. The van der Waals surface area contributed by atoms with Gasteiger partial charge in [0.25, 0.3) is 0 Å². The van der Waals surface area contributed by atoms with Gasteiger partial charge in [0.2, 0.25) is 0 Å². The summed E-state index contributed by atoms with van der Waals surface area (Å²) in [6.45, 7) is 1.70. The van der Waals surface area contributed by atoms with Gasteiger partial charge in [0.05, 0.1) is 16.7 Å². The SMILES string of the molecule is Fc1ccc(C2CNCC3(CCCCC3)O2)cc1Cl. The van der Waals surface area contributed by atoms with Crippen LogP contribution in [-0.4, -0.2) is 18.7 Å². The van der Waals surface area contributed by atoms with Crippen molar-refractivity contribution >= 4 is 11.6 Å². The van der Waals surface area contributed by atoms with E-state index in [1.807, 2.05) is 0 Å². The second-order valence-corrected chi connectivity index (χ2v) is 6.06. The Kier molecular flexibility index (Phi) is 3.79. The quantitative estimate of drug-likeness (QED) is 0.845. The van der Waals surface area contributed by atoms with Crippen molar-refractivity contribution in [2.45, 2.75) is 43.8 Å². The number of halogens is 2. The molecule has 0 aromatic heterocycles. The zero-order valence-corrected chi connectivity index (χ0v) is 11.7. The summed E-state index contributed by atoms with van der Waals surface area (Å²) in [5.41, 5.74) is 0.936. The predicted octanol–water partition coefficient (Wildman–Crippen LogP) is 3.84. The van der Waals surface area contributed by atoms with Gasteiger partial charge in [0.15, 0.2) is 0 Å². The molecular weight excluding hydrogens is 265 g/mol. The molecule has 2 fully saturated rings. The summed E-state index contributed by atoms with van der Waals surface area (Å²) >= 11 is 5.86. The first-order valence-corrected chi connectivity index (χ1v) is 7.40. The number of ether oxygens (including phenoxy) is 1. The maximum atomic E-state index is 13.2. The van der Waals surface area contributed by atoms with Crippen molar-refractivity contribution in [3.8, 4) is 0 Å². The molecule has 19 heavy (non-hydrogen) atoms. The van der Waals surface area contributed by atoms with Crippen LogP contribution in [-0.2, 0) is 4.74 Å². The molecular formula is C15H19ClFNO. The summed E-state index contributed by atoms with van der Waals surface area (Å²) in [6.07, 6.45) is 5.98. The van der Waals surface area contributed by atoms with Gasteiger partial charge in [-0.05, 0) is 30.5 Å². The summed E-state index contributed by atoms with van der Waals surface area (Å²) in [5.74, 6) is -0.374. The summed E-state index contributed by atoms with van der Waals surface area (Å²) in [4.78, 5) is 0. The van der Waals surface area contributed by atoms with Crippen LogP contribution in [0.2, 0.25) is 5.02 Å². The number of hydrogen-bond donors (Lipinski definition) is 1. The van der Waals surface area contributed by atoms with Crippen LogP contribution >= 0.6 is 11.6 Å². The molecule has 1 unspecified atom stereocenters. The Morgan fingerprint density at radius 3 is 2.79 bits per heavy atom. The van der Waals surface area contributed by atoms with Crippen LogP contribution in [0, 0.1) is 5.82 Å². The van der Waals surface area contributed by atoms with E-state index in [4.69, 9.17) is 16.3 Å². The Labute approximate surface area is 118 Å². The molecule has 1 spiro atoms. The zero-order chi connectivity index (χ0) is 13.3. The number of benzene rings is 1. The molecule has 0 bridgehead atoms. The molecule has 1 atom stereocenters. The summed E-state index contributed by atoms with van der Waals surface area (Å²) in [6, 6.07) is 4.88. The van der Waals surface area contributed by atoms with Gasteiger partial charge in [-0.1, -0.05) is 36.9 Å². The van der Waals surface area contributed by atoms with Gasteiger partial charge in [-0.15, -0.1) is 0 Å². The molecule has 1 heterocycles. The molecule has 1 aromatic carbocycles. The molecule has 3 rings (SSSR count). The Morgan fingerprint density at radius 2 is 2.05 bits per heavy atom. The standard InChI is InChI=1S/C15H19ClFNO/c16-12-8-11(4-5-13(12)17)14-9-18-10-15(19-14)6-2-1-3-7-15/h4-5,8,14,18H,1-3,6-7,9-10H2. The third-order valence-electron chi connectivity index (χ3n) is 4.25. The van der Waals surface area contributed by atoms with Crippen molar-refractivity contribution in [1.82, 2.24) is 5.32 Å². The minimum absolute atomic E-state index is 0.0232. The lowest BCUT2D eigenvalue weighted by Gasteiger charge is -2.44. The molecule has 4 heteroatoms. The van der Waals surface area contributed by atoms with Crippen LogP contribution in [0.5, 0.6) is 0 Å². The fraction of sp³-hybridized carbons (Fsp3) is 0.600. The van der Waals surface area contributed by atoms with Crippen LogP contribution in [0.25, 0.3) is 0 Å². The topological polar surface area (TPSA) is 21.3 Å². The van der Waals surface area contributed by atoms with E-state index in [0.717, 1.165) is 31.5 Å². The van der Waals surface area contributed by atoms with Crippen molar-refractivity contribution in [2.24, 2.45) is 0 Å². The first-order valence-electron chi connectivity index (χ1n) is 7.02. The van der Waals surface area contributed by atoms with Gasteiger partial charge < -0.3 is 10.1 Å². The van der Waals surface area contributed by atoms with Crippen molar-refractivity contribution in [1.29, 1.82) is 0 Å². The minimum atomic E-state index is -0.374. The van der Waals surface area contributed by atoms with E-state index < -0.39 is 0 Å². The zero-order valence-electron chi connectivity index (χ0n) is 10.9. The van der Waals surface area contributed by atoms with E-state index in [9.17, 15) is 4.39 Å².